The molecule has 0 fully saturated rings. The van der Waals surface area contributed by atoms with Gasteiger partial charge in [0, 0.05) is 10.6 Å². The molecule has 1 N–H and O–H groups in total. The average molecular weight is 299 g/mol. The maximum atomic E-state index is 6.41. The van der Waals surface area contributed by atoms with Crippen LogP contribution in [0.4, 0.5) is 0 Å². The van der Waals surface area contributed by atoms with Gasteiger partial charge in [0.05, 0.1) is 0 Å². The van der Waals surface area contributed by atoms with E-state index in [9.17, 15) is 0 Å². The maximum Gasteiger partial charge on any atom is 0.127 e. The topological polar surface area (TPSA) is 21.3 Å². The van der Waals surface area contributed by atoms with Crippen molar-refractivity contribution in [2.24, 2.45) is 0 Å². The first-order valence-electron chi connectivity index (χ1n) is 7.48. The molecule has 21 heavy (non-hydrogen) atoms. The van der Waals surface area contributed by atoms with Gasteiger partial charge in [-0.05, 0) is 43.3 Å². The molecule has 2 nitrogen and oxygen atoms in total. The molecule has 0 saturated heterocycles. The van der Waals surface area contributed by atoms with E-state index in [1.807, 2.05) is 18.8 Å². The summed E-state index contributed by atoms with van der Waals surface area (Å²) >= 11 is 1.89. The first kappa shape index (κ1) is 14.5. The molecule has 1 heterocycles. The molecule has 1 aliphatic heterocycles. The van der Waals surface area contributed by atoms with Gasteiger partial charge in [-0.15, -0.1) is 11.8 Å². The molecule has 2 aromatic rings. The highest BCUT2D eigenvalue weighted by Crippen LogP contribution is 2.33. The number of allylic oxidation sites excluding steroid dienone is 1. The van der Waals surface area contributed by atoms with Crippen LogP contribution >= 0.6 is 11.8 Å². The predicted molar refractivity (Wildman–Crippen MR) is 92.0 cm³/mol. The Morgan fingerprint density at radius 3 is 2.90 bits per heavy atom. The summed E-state index contributed by atoms with van der Waals surface area (Å²) in [6.45, 7) is 0.979. The lowest BCUT2D eigenvalue weighted by atomic mass is 10.1. The fraction of sp³-hybridized carbons (Fsp3) is 0.333. The fourth-order valence-corrected chi connectivity index (χ4v) is 3.72. The molecule has 0 radical (unpaired) electrons. The largest absolute Gasteiger partial charge is 0.489 e. The second-order valence-corrected chi connectivity index (χ2v) is 6.46. The molecular formula is C18H21NOS. The molecule has 110 valence electrons. The highest BCUT2D eigenvalue weighted by atomic mass is 32.2. The number of ether oxygens (including phenoxy) is 1. The van der Waals surface area contributed by atoms with Crippen LogP contribution in [-0.4, -0.2) is 24.9 Å². The number of nitrogens with one attached hydrogen (secondary N) is 1. The van der Waals surface area contributed by atoms with Crippen molar-refractivity contribution in [3.05, 3.63) is 53.9 Å². The summed E-state index contributed by atoms with van der Waals surface area (Å²) in [6.07, 6.45) is 4.61. The molecule has 3 rings (SSSR count). The molecule has 0 aliphatic carbocycles. The molecule has 0 amide bonds. The molecule has 3 heteroatoms. The number of rotatable bonds is 6. The number of thioether (sulfide) groups is 1. The van der Waals surface area contributed by atoms with Crippen molar-refractivity contribution in [3.8, 4) is 5.75 Å². The second-order valence-electron chi connectivity index (χ2n) is 5.31. The van der Waals surface area contributed by atoms with Crippen molar-refractivity contribution in [1.29, 1.82) is 0 Å². The minimum Gasteiger partial charge on any atom is -0.489 e. The zero-order chi connectivity index (χ0) is 14.5. The van der Waals surface area contributed by atoms with E-state index in [2.05, 4.69) is 59.3 Å². The first-order chi connectivity index (χ1) is 10.4. The second kappa shape index (κ2) is 7.01. The Morgan fingerprint density at radius 1 is 1.24 bits per heavy atom. The lowest BCUT2D eigenvalue weighted by molar-refractivity contribution is 0.191. The van der Waals surface area contributed by atoms with Crippen LogP contribution in [-0.2, 0) is 0 Å². The Balaban J connectivity index is 1.83. The minimum atomic E-state index is 0.239. The maximum absolute atomic E-state index is 6.41. The Bertz CT molecular complexity index is 612. The van der Waals surface area contributed by atoms with Gasteiger partial charge in [0.1, 0.15) is 11.9 Å². The van der Waals surface area contributed by atoms with E-state index in [4.69, 9.17) is 4.74 Å². The van der Waals surface area contributed by atoms with Crippen LogP contribution in [0.15, 0.2) is 53.9 Å². The van der Waals surface area contributed by atoms with Gasteiger partial charge in [0.2, 0.25) is 0 Å². The molecule has 0 aromatic heterocycles. The van der Waals surface area contributed by atoms with Crippen LogP contribution in [0.1, 0.15) is 12.8 Å². The van der Waals surface area contributed by atoms with Crippen LogP contribution in [0.5, 0.6) is 5.75 Å². The zero-order valence-electron chi connectivity index (χ0n) is 12.3. The fourth-order valence-electron chi connectivity index (χ4n) is 2.71. The van der Waals surface area contributed by atoms with Gasteiger partial charge in [-0.1, -0.05) is 42.5 Å². The molecule has 1 unspecified atom stereocenters. The van der Waals surface area contributed by atoms with Gasteiger partial charge in [-0.3, -0.25) is 0 Å². The zero-order valence-corrected chi connectivity index (χ0v) is 13.1. The van der Waals surface area contributed by atoms with E-state index in [1.54, 1.807) is 0 Å². The highest BCUT2D eigenvalue weighted by molar-refractivity contribution is 8.03. The van der Waals surface area contributed by atoms with Crippen molar-refractivity contribution in [2.45, 2.75) is 24.2 Å². The predicted octanol–water partition coefficient (Wildman–Crippen LogP) is 4.22. The van der Waals surface area contributed by atoms with E-state index < -0.39 is 0 Å². The van der Waals surface area contributed by atoms with Gasteiger partial charge >= 0.3 is 0 Å². The van der Waals surface area contributed by atoms with E-state index in [-0.39, 0.29) is 6.10 Å². The van der Waals surface area contributed by atoms with Gasteiger partial charge < -0.3 is 10.1 Å². The molecule has 0 bridgehead atoms. The summed E-state index contributed by atoms with van der Waals surface area (Å²) in [6, 6.07) is 14.7. The third-order valence-corrected chi connectivity index (χ3v) is 5.03. The van der Waals surface area contributed by atoms with E-state index >= 15 is 0 Å². The Hall–Kier alpha value is -1.45. The average Bonchev–Trinajstić information content (AvgIpc) is 3.06. The van der Waals surface area contributed by atoms with Crippen LogP contribution in [0, 0.1) is 0 Å². The smallest absolute Gasteiger partial charge is 0.127 e. The molecule has 0 saturated carbocycles. The van der Waals surface area contributed by atoms with Crippen molar-refractivity contribution in [1.82, 2.24) is 5.32 Å². The monoisotopic (exact) mass is 299 g/mol. The van der Waals surface area contributed by atoms with Crippen molar-refractivity contribution < 1.29 is 4.74 Å². The van der Waals surface area contributed by atoms with Crippen molar-refractivity contribution in [3.63, 3.8) is 0 Å². The lowest BCUT2D eigenvalue weighted by Gasteiger charge is -2.25. The first-order valence-corrected chi connectivity index (χ1v) is 8.42. The quantitative estimate of drug-likeness (QED) is 0.863. The van der Waals surface area contributed by atoms with E-state index in [0.717, 1.165) is 25.1 Å². The van der Waals surface area contributed by atoms with Gasteiger partial charge in [-0.2, -0.15) is 0 Å². The van der Waals surface area contributed by atoms with Crippen molar-refractivity contribution in [2.75, 3.05) is 13.6 Å². The SMILES string of the molecule is CNCC[C@H](Oc1cccc2ccccc12)C1CC=CS1. The minimum absolute atomic E-state index is 0.239. The summed E-state index contributed by atoms with van der Waals surface area (Å²) in [5.41, 5.74) is 0. The van der Waals surface area contributed by atoms with Crippen LogP contribution < -0.4 is 10.1 Å². The van der Waals surface area contributed by atoms with Gasteiger partial charge in [0.25, 0.3) is 0 Å². The molecule has 1 aliphatic rings. The van der Waals surface area contributed by atoms with Crippen LogP contribution in [0.2, 0.25) is 0 Å². The Kier molecular flexibility index (Phi) is 4.84. The molecular weight excluding hydrogens is 278 g/mol. The summed E-state index contributed by atoms with van der Waals surface area (Å²) in [5, 5.41) is 8.39. The number of hydrogen-bond donors (Lipinski definition) is 1. The number of fused-ring (bicyclic) bond motifs is 1. The van der Waals surface area contributed by atoms with Crippen LogP contribution in [0.3, 0.4) is 0 Å². The van der Waals surface area contributed by atoms with E-state index in [0.29, 0.717) is 5.25 Å². The molecule has 0 spiro atoms. The lowest BCUT2D eigenvalue weighted by Crippen LogP contribution is -2.31. The number of hydrogen-bond acceptors (Lipinski definition) is 3. The third kappa shape index (κ3) is 3.42. The van der Waals surface area contributed by atoms with Crippen LogP contribution in [0.25, 0.3) is 10.8 Å². The summed E-state index contributed by atoms with van der Waals surface area (Å²) in [5.74, 6) is 1.00. The third-order valence-electron chi connectivity index (χ3n) is 3.84. The Morgan fingerprint density at radius 2 is 2.10 bits per heavy atom. The number of benzene rings is 2. The van der Waals surface area contributed by atoms with Gasteiger partial charge in [0.15, 0.2) is 0 Å². The Labute approximate surface area is 130 Å². The highest BCUT2D eigenvalue weighted by Gasteiger charge is 2.24. The summed E-state index contributed by atoms with van der Waals surface area (Å²) in [4.78, 5) is 0. The summed E-state index contributed by atoms with van der Waals surface area (Å²) < 4.78 is 6.41. The molecule has 2 aromatic carbocycles. The van der Waals surface area contributed by atoms with E-state index in [1.165, 1.54) is 10.8 Å². The summed E-state index contributed by atoms with van der Waals surface area (Å²) in [7, 11) is 2.00. The normalized spacial score (nSPS) is 19.0. The molecule has 2 atom stereocenters. The van der Waals surface area contributed by atoms with Gasteiger partial charge in [-0.25, -0.2) is 0 Å². The standard InChI is InChI=1S/C18H21NOS/c1-19-12-11-17(18-10-5-13-21-18)20-16-9-4-7-14-6-2-3-8-15(14)16/h2-9,13,17-19H,10-12H2,1H3/t17-,18?/m0/s1. The van der Waals surface area contributed by atoms with Crippen molar-refractivity contribution >= 4 is 22.5 Å².